The molecule has 0 bridgehead atoms. The Kier molecular flexibility index (Phi) is 3.59. The van der Waals surface area contributed by atoms with Gasteiger partial charge in [0.1, 0.15) is 0 Å². The standard InChI is InChI=1S/C12H23NO2S/c1-2-3-4-6-12(9-13-10-12)11-5-7-16(14,15)8-11/h11,13H,2-10H2,1H3. The van der Waals surface area contributed by atoms with Gasteiger partial charge in [0.15, 0.2) is 9.84 Å². The zero-order chi connectivity index (χ0) is 11.6. The van der Waals surface area contributed by atoms with Crippen molar-refractivity contribution in [1.82, 2.24) is 5.32 Å². The van der Waals surface area contributed by atoms with E-state index in [2.05, 4.69) is 12.2 Å². The molecule has 0 aromatic heterocycles. The predicted molar refractivity (Wildman–Crippen MR) is 66.2 cm³/mol. The van der Waals surface area contributed by atoms with Gasteiger partial charge in [0.2, 0.25) is 0 Å². The molecule has 94 valence electrons. The summed E-state index contributed by atoms with van der Waals surface area (Å²) < 4.78 is 23.1. The van der Waals surface area contributed by atoms with Crippen molar-refractivity contribution in [3.05, 3.63) is 0 Å². The zero-order valence-corrected chi connectivity index (χ0v) is 11.0. The highest BCUT2D eigenvalue weighted by Crippen LogP contribution is 2.43. The fraction of sp³-hybridized carbons (Fsp3) is 1.00. The molecule has 3 nitrogen and oxygen atoms in total. The number of hydrogen-bond acceptors (Lipinski definition) is 3. The van der Waals surface area contributed by atoms with Crippen molar-refractivity contribution in [2.75, 3.05) is 24.6 Å². The molecule has 4 heteroatoms. The molecule has 1 atom stereocenters. The summed E-state index contributed by atoms with van der Waals surface area (Å²) in [5, 5.41) is 3.34. The summed E-state index contributed by atoms with van der Waals surface area (Å²) in [6.45, 7) is 4.29. The van der Waals surface area contributed by atoms with E-state index < -0.39 is 9.84 Å². The molecule has 0 aliphatic carbocycles. The molecule has 2 saturated heterocycles. The van der Waals surface area contributed by atoms with Crippen LogP contribution in [0.25, 0.3) is 0 Å². The maximum atomic E-state index is 11.5. The molecular formula is C12H23NO2S. The summed E-state index contributed by atoms with van der Waals surface area (Å²) in [7, 11) is -2.71. The van der Waals surface area contributed by atoms with Gasteiger partial charge in [0.05, 0.1) is 11.5 Å². The largest absolute Gasteiger partial charge is 0.316 e. The van der Waals surface area contributed by atoms with Gasteiger partial charge in [-0.15, -0.1) is 0 Å². The summed E-state index contributed by atoms with van der Waals surface area (Å²) in [6.07, 6.45) is 5.90. The third-order valence-corrected chi connectivity index (χ3v) is 6.10. The highest BCUT2D eigenvalue weighted by atomic mass is 32.2. The Labute approximate surface area is 98.9 Å². The van der Waals surface area contributed by atoms with Gasteiger partial charge in [0.25, 0.3) is 0 Å². The maximum Gasteiger partial charge on any atom is 0.150 e. The van der Waals surface area contributed by atoms with Crippen LogP contribution >= 0.6 is 0 Å². The lowest BCUT2D eigenvalue weighted by molar-refractivity contribution is 0.0772. The number of unbranched alkanes of at least 4 members (excludes halogenated alkanes) is 2. The average molecular weight is 245 g/mol. The molecule has 0 aromatic rings. The normalized spacial score (nSPS) is 31.2. The lowest BCUT2D eigenvalue weighted by Gasteiger charge is -2.47. The summed E-state index contributed by atoms with van der Waals surface area (Å²) >= 11 is 0. The van der Waals surface area contributed by atoms with Crippen molar-refractivity contribution in [2.24, 2.45) is 11.3 Å². The molecule has 0 spiro atoms. The van der Waals surface area contributed by atoms with E-state index in [4.69, 9.17) is 0 Å². The lowest BCUT2D eigenvalue weighted by atomic mass is 9.67. The van der Waals surface area contributed by atoms with E-state index in [1.165, 1.54) is 25.7 Å². The van der Waals surface area contributed by atoms with Gasteiger partial charge in [-0.3, -0.25) is 0 Å². The molecule has 1 unspecified atom stereocenters. The minimum Gasteiger partial charge on any atom is -0.316 e. The van der Waals surface area contributed by atoms with Gasteiger partial charge in [-0.05, 0) is 24.2 Å². The van der Waals surface area contributed by atoms with Crippen LogP contribution in [0, 0.1) is 11.3 Å². The predicted octanol–water partition coefficient (Wildman–Crippen LogP) is 1.59. The summed E-state index contributed by atoms with van der Waals surface area (Å²) in [6, 6.07) is 0. The third kappa shape index (κ3) is 2.43. The topological polar surface area (TPSA) is 46.2 Å². The van der Waals surface area contributed by atoms with Crippen LogP contribution in [-0.2, 0) is 9.84 Å². The number of rotatable bonds is 5. The van der Waals surface area contributed by atoms with E-state index in [1.807, 2.05) is 0 Å². The molecule has 0 amide bonds. The van der Waals surface area contributed by atoms with E-state index in [9.17, 15) is 8.42 Å². The van der Waals surface area contributed by atoms with Crippen LogP contribution in [0.5, 0.6) is 0 Å². The summed E-state index contributed by atoms with van der Waals surface area (Å²) in [4.78, 5) is 0. The smallest absolute Gasteiger partial charge is 0.150 e. The Morgan fingerprint density at radius 2 is 2.06 bits per heavy atom. The third-order valence-electron chi connectivity index (χ3n) is 4.33. The zero-order valence-electron chi connectivity index (χ0n) is 10.2. The van der Waals surface area contributed by atoms with Gasteiger partial charge >= 0.3 is 0 Å². The van der Waals surface area contributed by atoms with Gasteiger partial charge in [0, 0.05) is 13.1 Å². The molecule has 2 rings (SSSR count). The van der Waals surface area contributed by atoms with Crippen molar-refractivity contribution in [1.29, 1.82) is 0 Å². The molecule has 2 fully saturated rings. The molecule has 0 saturated carbocycles. The van der Waals surface area contributed by atoms with Crippen LogP contribution < -0.4 is 5.32 Å². The molecule has 2 heterocycles. The monoisotopic (exact) mass is 245 g/mol. The molecule has 2 aliphatic rings. The Balaban J connectivity index is 1.94. The van der Waals surface area contributed by atoms with Crippen LogP contribution in [0.2, 0.25) is 0 Å². The molecule has 0 radical (unpaired) electrons. The van der Waals surface area contributed by atoms with Crippen LogP contribution in [0.4, 0.5) is 0 Å². The lowest BCUT2D eigenvalue weighted by Crippen LogP contribution is -2.57. The molecule has 1 N–H and O–H groups in total. The van der Waals surface area contributed by atoms with Crippen LogP contribution in [0.3, 0.4) is 0 Å². The summed E-state index contributed by atoms with van der Waals surface area (Å²) in [5.74, 6) is 1.30. The van der Waals surface area contributed by atoms with Crippen LogP contribution in [0.15, 0.2) is 0 Å². The first-order valence-corrected chi connectivity index (χ1v) is 8.31. The first-order valence-electron chi connectivity index (χ1n) is 6.49. The van der Waals surface area contributed by atoms with Crippen molar-refractivity contribution >= 4 is 9.84 Å². The molecule has 0 aromatic carbocycles. The molecule has 16 heavy (non-hydrogen) atoms. The first kappa shape index (κ1) is 12.4. The average Bonchev–Trinajstić information content (AvgIpc) is 2.51. The molecule has 2 aliphatic heterocycles. The fourth-order valence-electron chi connectivity index (χ4n) is 3.12. The summed E-state index contributed by atoms with van der Waals surface area (Å²) in [5.41, 5.74) is 0.318. The number of nitrogens with one attached hydrogen (secondary N) is 1. The van der Waals surface area contributed by atoms with Gasteiger partial charge in [-0.25, -0.2) is 8.42 Å². The van der Waals surface area contributed by atoms with Gasteiger partial charge < -0.3 is 5.32 Å². The van der Waals surface area contributed by atoms with Gasteiger partial charge in [-0.2, -0.15) is 0 Å². The van der Waals surface area contributed by atoms with Crippen molar-refractivity contribution in [2.45, 2.75) is 39.0 Å². The van der Waals surface area contributed by atoms with E-state index >= 15 is 0 Å². The second-order valence-corrected chi connectivity index (χ2v) is 7.75. The quantitative estimate of drug-likeness (QED) is 0.748. The van der Waals surface area contributed by atoms with E-state index in [0.29, 0.717) is 22.8 Å². The highest BCUT2D eigenvalue weighted by Gasteiger charge is 2.47. The maximum absolute atomic E-state index is 11.5. The second kappa shape index (κ2) is 4.65. The number of sulfone groups is 1. The van der Waals surface area contributed by atoms with E-state index in [0.717, 1.165) is 19.5 Å². The van der Waals surface area contributed by atoms with Crippen molar-refractivity contribution in [3.63, 3.8) is 0 Å². The Bertz CT molecular complexity index is 333. The highest BCUT2D eigenvalue weighted by molar-refractivity contribution is 7.91. The Morgan fingerprint density at radius 1 is 1.31 bits per heavy atom. The minimum atomic E-state index is -2.71. The first-order chi connectivity index (χ1) is 7.58. The molecular weight excluding hydrogens is 222 g/mol. The second-order valence-electron chi connectivity index (χ2n) is 5.52. The van der Waals surface area contributed by atoms with E-state index in [1.54, 1.807) is 0 Å². The van der Waals surface area contributed by atoms with Crippen LogP contribution in [0.1, 0.15) is 39.0 Å². The fourth-order valence-corrected chi connectivity index (χ4v) is 5.06. The SMILES string of the molecule is CCCCCC1(C2CCS(=O)(=O)C2)CNC1. The van der Waals surface area contributed by atoms with Gasteiger partial charge in [-0.1, -0.05) is 26.2 Å². The van der Waals surface area contributed by atoms with Crippen LogP contribution in [-0.4, -0.2) is 33.0 Å². The van der Waals surface area contributed by atoms with Crippen molar-refractivity contribution in [3.8, 4) is 0 Å². The van der Waals surface area contributed by atoms with Crippen molar-refractivity contribution < 1.29 is 8.42 Å². The Morgan fingerprint density at radius 3 is 2.50 bits per heavy atom. The number of hydrogen-bond donors (Lipinski definition) is 1. The Hall–Kier alpha value is -0.0900. The van der Waals surface area contributed by atoms with E-state index in [-0.39, 0.29) is 0 Å². The minimum absolute atomic E-state index is 0.318.